The number of carbonyl (C=O) groups is 3. The van der Waals surface area contributed by atoms with E-state index in [4.69, 9.17) is 11.6 Å². The van der Waals surface area contributed by atoms with Crippen molar-refractivity contribution in [3.05, 3.63) is 16.4 Å². The second kappa shape index (κ2) is 7.21. The molecule has 1 aromatic heterocycles. The molecule has 1 aliphatic heterocycles. The van der Waals surface area contributed by atoms with Crippen molar-refractivity contribution in [2.24, 2.45) is 0 Å². The van der Waals surface area contributed by atoms with E-state index in [2.05, 4.69) is 10.4 Å². The average molecular weight is 356 g/mol. The molecule has 0 bridgehead atoms. The highest BCUT2D eigenvalue weighted by atomic mass is 35.5. The fourth-order valence-electron chi connectivity index (χ4n) is 2.67. The highest BCUT2D eigenvalue weighted by molar-refractivity contribution is 6.31. The standard InChI is InChI=1S/C15H22ClN5O3/c1-9-13(16)10(2)21(18-9)7-5-6-17-12(22)8-11-14(23)20(4)15(24)19(11)3/h11H,5-8H2,1-4H3,(H,17,22)/t11-/m0/s1. The van der Waals surface area contributed by atoms with E-state index in [9.17, 15) is 14.4 Å². The molecule has 2 heterocycles. The summed E-state index contributed by atoms with van der Waals surface area (Å²) in [7, 11) is 2.94. The molecule has 0 saturated carbocycles. The molecule has 8 nitrogen and oxygen atoms in total. The lowest BCUT2D eigenvalue weighted by molar-refractivity contribution is -0.131. The first kappa shape index (κ1) is 18.3. The van der Waals surface area contributed by atoms with Gasteiger partial charge in [-0.2, -0.15) is 5.10 Å². The minimum absolute atomic E-state index is 0.0306. The van der Waals surface area contributed by atoms with Gasteiger partial charge >= 0.3 is 6.03 Å². The number of rotatable bonds is 6. The molecule has 4 amide bonds. The maximum Gasteiger partial charge on any atom is 0.326 e. The van der Waals surface area contributed by atoms with Gasteiger partial charge in [-0.1, -0.05) is 11.6 Å². The molecule has 1 saturated heterocycles. The van der Waals surface area contributed by atoms with E-state index in [1.807, 2.05) is 18.5 Å². The van der Waals surface area contributed by atoms with Gasteiger partial charge in [0.1, 0.15) is 6.04 Å². The third-order valence-electron chi connectivity index (χ3n) is 4.21. The Balaban J connectivity index is 1.77. The van der Waals surface area contributed by atoms with Crippen molar-refractivity contribution in [3.63, 3.8) is 0 Å². The number of amides is 4. The van der Waals surface area contributed by atoms with E-state index in [1.54, 1.807) is 0 Å². The maximum absolute atomic E-state index is 12.0. The molecule has 1 aliphatic rings. The largest absolute Gasteiger partial charge is 0.356 e. The van der Waals surface area contributed by atoms with Crippen molar-refractivity contribution in [2.75, 3.05) is 20.6 Å². The first-order chi connectivity index (χ1) is 11.2. The predicted molar refractivity (Wildman–Crippen MR) is 88.7 cm³/mol. The fourth-order valence-corrected chi connectivity index (χ4v) is 2.81. The van der Waals surface area contributed by atoms with Gasteiger partial charge in [-0.15, -0.1) is 0 Å². The van der Waals surface area contributed by atoms with E-state index in [1.165, 1.54) is 19.0 Å². The summed E-state index contributed by atoms with van der Waals surface area (Å²) >= 11 is 6.09. The van der Waals surface area contributed by atoms with Crippen LogP contribution in [0.1, 0.15) is 24.2 Å². The summed E-state index contributed by atoms with van der Waals surface area (Å²) in [4.78, 5) is 37.9. The van der Waals surface area contributed by atoms with Crippen LogP contribution in [0.25, 0.3) is 0 Å². The van der Waals surface area contributed by atoms with Crippen molar-refractivity contribution in [1.29, 1.82) is 0 Å². The molecule has 132 valence electrons. The van der Waals surface area contributed by atoms with Gasteiger partial charge < -0.3 is 10.2 Å². The van der Waals surface area contributed by atoms with Crippen LogP contribution in [0.15, 0.2) is 0 Å². The topological polar surface area (TPSA) is 87.5 Å². The lowest BCUT2D eigenvalue weighted by Crippen LogP contribution is -2.37. The zero-order valence-corrected chi connectivity index (χ0v) is 15.1. The van der Waals surface area contributed by atoms with Gasteiger partial charge in [-0.05, 0) is 20.3 Å². The third kappa shape index (κ3) is 3.53. The second-order valence-electron chi connectivity index (χ2n) is 5.92. The summed E-state index contributed by atoms with van der Waals surface area (Å²) < 4.78 is 1.81. The van der Waals surface area contributed by atoms with E-state index >= 15 is 0 Å². The SMILES string of the molecule is Cc1nn(CCCNC(=O)C[C@H]2C(=O)N(C)C(=O)N2C)c(C)c1Cl. The highest BCUT2D eigenvalue weighted by Crippen LogP contribution is 2.19. The summed E-state index contributed by atoms with van der Waals surface area (Å²) in [5.74, 6) is -0.607. The average Bonchev–Trinajstić information content (AvgIpc) is 2.89. The summed E-state index contributed by atoms with van der Waals surface area (Å²) in [5.41, 5.74) is 1.69. The van der Waals surface area contributed by atoms with Crippen LogP contribution in [-0.2, 0) is 16.1 Å². The number of imide groups is 1. The molecule has 0 spiro atoms. The zero-order valence-electron chi connectivity index (χ0n) is 14.3. The van der Waals surface area contributed by atoms with Crippen LogP contribution in [0.5, 0.6) is 0 Å². The number of aryl methyl sites for hydroxylation is 2. The lowest BCUT2D eigenvalue weighted by atomic mass is 10.2. The fraction of sp³-hybridized carbons (Fsp3) is 0.600. The third-order valence-corrected chi connectivity index (χ3v) is 4.76. The Bertz CT molecular complexity index is 672. The summed E-state index contributed by atoms with van der Waals surface area (Å²) in [6.07, 6.45) is 0.661. The van der Waals surface area contributed by atoms with Crippen LogP contribution in [0.3, 0.4) is 0 Å². The van der Waals surface area contributed by atoms with Gasteiger partial charge in [0.2, 0.25) is 5.91 Å². The minimum Gasteiger partial charge on any atom is -0.356 e. The number of carbonyl (C=O) groups excluding carboxylic acids is 3. The van der Waals surface area contributed by atoms with Crippen LogP contribution in [0, 0.1) is 13.8 Å². The van der Waals surface area contributed by atoms with Crippen molar-refractivity contribution < 1.29 is 14.4 Å². The van der Waals surface area contributed by atoms with E-state index in [0.717, 1.165) is 16.3 Å². The zero-order chi connectivity index (χ0) is 18.0. The number of aromatic nitrogens is 2. The van der Waals surface area contributed by atoms with Crippen LogP contribution in [0.2, 0.25) is 5.02 Å². The number of nitrogens with one attached hydrogen (secondary N) is 1. The number of nitrogens with zero attached hydrogens (tertiary/aromatic N) is 4. The molecule has 0 radical (unpaired) electrons. The van der Waals surface area contributed by atoms with Gasteiger partial charge in [-0.3, -0.25) is 19.2 Å². The molecule has 0 aliphatic carbocycles. The maximum atomic E-state index is 12.0. The van der Waals surface area contributed by atoms with Crippen LogP contribution in [0.4, 0.5) is 4.79 Å². The summed E-state index contributed by atoms with van der Waals surface area (Å²) in [6.45, 7) is 4.85. The molecular weight excluding hydrogens is 334 g/mol. The molecule has 24 heavy (non-hydrogen) atoms. The van der Waals surface area contributed by atoms with Gasteiger partial charge in [0.05, 0.1) is 22.8 Å². The molecule has 0 aromatic carbocycles. The number of likely N-dealkylation sites (N-methyl/N-ethyl adjacent to an activating group) is 2. The van der Waals surface area contributed by atoms with Crippen LogP contribution < -0.4 is 5.32 Å². The summed E-state index contributed by atoms with van der Waals surface area (Å²) in [5, 5.41) is 7.76. The Labute approximate surface area is 145 Å². The van der Waals surface area contributed by atoms with E-state index < -0.39 is 6.04 Å². The smallest absolute Gasteiger partial charge is 0.326 e. The van der Waals surface area contributed by atoms with Crippen molar-refractivity contribution in [3.8, 4) is 0 Å². The van der Waals surface area contributed by atoms with E-state index in [-0.39, 0.29) is 24.3 Å². The highest BCUT2D eigenvalue weighted by Gasteiger charge is 2.41. The van der Waals surface area contributed by atoms with Crippen molar-refractivity contribution in [1.82, 2.24) is 24.9 Å². The Morgan fingerprint density at radius 2 is 1.96 bits per heavy atom. The lowest BCUT2D eigenvalue weighted by Gasteiger charge is -2.15. The minimum atomic E-state index is -0.725. The molecule has 1 aromatic rings. The van der Waals surface area contributed by atoms with Gasteiger partial charge in [0.15, 0.2) is 0 Å². The Morgan fingerprint density at radius 1 is 1.29 bits per heavy atom. The normalized spacial score (nSPS) is 17.8. The quantitative estimate of drug-likeness (QED) is 0.607. The van der Waals surface area contributed by atoms with Gasteiger partial charge in [0.25, 0.3) is 5.91 Å². The number of halogens is 1. The second-order valence-corrected chi connectivity index (χ2v) is 6.30. The van der Waals surface area contributed by atoms with E-state index in [0.29, 0.717) is 24.5 Å². The predicted octanol–water partition coefficient (Wildman–Crippen LogP) is 0.942. The summed E-state index contributed by atoms with van der Waals surface area (Å²) in [6, 6.07) is -1.11. The molecule has 2 rings (SSSR count). The van der Waals surface area contributed by atoms with Gasteiger partial charge in [-0.25, -0.2) is 4.79 Å². The first-order valence-corrected chi connectivity index (χ1v) is 8.12. The molecule has 0 unspecified atom stereocenters. The monoisotopic (exact) mass is 355 g/mol. The molecule has 1 fully saturated rings. The van der Waals surface area contributed by atoms with Crippen molar-refractivity contribution >= 4 is 29.4 Å². The molecule has 1 atom stereocenters. The van der Waals surface area contributed by atoms with Crippen LogP contribution >= 0.6 is 11.6 Å². The number of hydrogen-bond donors (Lipinski definition) is 1. The number of hydrogen-bond acceptors (Lipinski definition) is 4. The molecule has 9 heteroatoms. The van der Waals surface area contributed by atoms with Crippen molar-refractivity contribution in [2.45, 2.75) is 39.3 Å². The molecular formula is C15H22ClN5O3. The Kier molecular flexibility index (Phi) is 5.48. The number of urea groups is 1. The van der Waals surface area contributed by atoms with Gasteiger partial charge in [0, 0.05) is 27.2 Å². The first-order valence-electron chi connectivity index (χ1n) is 7.74. The Hall–Kier alpha value is -2.09. The molecule has 1 N–H and O–H groups in total. The van der Waals surface area contributed by atoms with Crippen LogP contribution in [-0.4, -0.2) is 64.1 Å². The Morgan fingerprint density at radius 3 is 2.46 bits per heavy atom.